The highest BCUT2D eigenvalue weighted by atomic mass is 16.6. The van der Waals surface area contributed by atoms with Gasteiger partial charge in [0.2, 0.25) is 0 Å². The number of non-ortho nitro benzene ring substituents is 1. The summed E-state index contributed by atoms with van der Waals surface area (Å²) >= 11 is 0. The van der Waals surface area contributed by atoms with Gasteiger partial charge in [-0.3, -0.25) is 14.9 Å². The Morgan fingerprint density at radius 2 is 1.50 bits per heavy atom. The van der Waals surface area contributed by atoms with Crippen LogP contribution >= 0.6 is 0 Å². The van der Waals surface area contributed by atoms with Gasteiger partial charge in [-0.25, -0.2) is 0 Å². The molecule has 0 aliphatic rings. The number of hydrogen-bond acceptors (Lipinski definition) is 6. The Morgan fingerprint density at radius 1 is 0.950 bits per heavy atom. The van der Waals surface area contributed by atoms with Gasteiger partial charge in [-0.2, -0.15) is 0 Å². The van der Waals surface area contributed by atoms with Crippen LogP contribution in [0, 0.1) is 10.1 Å². The largest absolute Gasteiger partial charge is 0.507 e. The number of carbonyl (C=O) groups excluding carboxylic acids is 1. The fraction of sp³-hybridized carbons (Fsp3) is 0. The van der Waals surface area contributed by atoms with Crippen molar-refractivity contribution in [3.63, 3.8) is 0 Å². The maximum absolute atomic E-state index is 12.1. The normalized spacial score (nSPS) is 10.2. The van der Waals surface area contributed by atoms with Crippen LogP contribution in [0.3, 0.4) is 0 Å². The van der Waals surface area contributed by atoms with Crippen LogP contribution in [0.5, 0.6) is 17.2 Å². The highest BCUT2D eigenvalue weighted by molar-refractivity contribution is 6.11. The second kappa shape index (κ2) is 4.88. The van der Waals surface area contributed by atoms with E-state index in [-0.39, 0.29) is 16.8 Å². The van der Waals surface area contributed by atoms with Gasteiger partial charge in [0.1, 0.15) is 5.75 Å². The first-order valence-corrected chi connectivity index (χ1v) is 5.44. The van der Waals surface area contributed by atoms with Crippen molar-refractivity contribution in [3.8, 4) is 17.2 Å². The smallest absolute Gasteiger partial charge is 0.269 e. The van der Waals surface area contributed by atoms with Crippen molar-refractivity contribution in [1.82, 2.24) is 0 Å². The van der Waals surface area contributed by atoms with Gasteiger partial charge >= 0.3 is 0 Å². The minimum Gasteiger partial charge on any atom is -0.507 e. The molecule has 3 N–H and O–H groups in total. The molecule has 102 valence electrons. The number of aromatic hydroxyl groups is 3. The number of carbonyl (C=O) groups is 1. The number of hydrogen-bond donors (Lipinski definition) is 3. The van der Waals surface area contributed by atoms with Gasteiger partial charge in [0.25, 0.3) is 5.69 Å². The number of phenols is 3. The third-order valence-electron chi connectivity index (χ3n) is 2.68. The second-order valence-corrected chi connectivity index (χ2v) is 3.99. The van der Waals surface area contributed by atoms with Gasteiger partial charge in [-0.1, -0.05) is 0 Å². The summed E-state index contributed by atoms with van der Waals surface area (Å²) in [6, 6.07) is 6.56. The SMILES string of the molecule is O=C(c1ccc([N+](=O)[O-])cc1)c1cc(O)c(O)cc1O. The molecule has 2 aromatic rings. The topological polar surface area (TPSA) is 121 Å². The van der Waals surface area contributed by atoms with Crippen LogP contribution in [0.4, 0.5) is 5.69 Å². The van der Waals surface area contributed by atoms with Gasteiger partial charge in [0.05, 0.1) is 10.5 Å². The fourth-order valence-corrected chi connectivity index (χ4v) is 1.64. The summed E-state index contributed by atoms with van der Waals surface area (Å²) in [5.41, 5.74) is -0.274. The summed E-state index contributed by atoms with van der Waals surface area (Å²) in [7, 11) is 0. The fourth-order valence-electron chi connectivity index (χ4n) is 1.64. The number of phenolic OH excluding ortho intramolecular Hbond substituents is 3. The highest BCUT2D eigenvalue weighted by Crippen LogP contribution is 2.33. The Kier molecular flexibility index (Phi) is 3.26. The van der Waals surface area contributed by atoms with Gasteiger partial charge in [-0.15, -0.1) is 0 Å². The maximum Gasteiger partial charge on any atom is 0.269 e. The standard InChI is InChI=1S/C13H9NO6/c15-10-6-12(17)11(16)5-9(10)13(18)7-1-3-8(4-2-7)14(19)20/h1-6,15-17H. The number of ketones is 1. The van der Waals surface area contributed by atoms with Crippen LogP contribution in [0.15, 0.2) is 36.4 Å². The third-order valence-corrected chi connectivity index (χ3v) is 2.68. The zero-order chi connectivity index (χ0) is 14.9. The Bertz CT molecular complexity index is 693. The molecule has 0 aromatic heterocycles. The first-order valence-electron chi connectivity index (χ1n) is 5.44. The van der Waals surface area contributed by atoms with Crippen LogP contribution in [0.1, 0.15) is 15.9 Å². The number of rotatable bonds is 3. The quantitative estimate of drug-likeness (QED) is 0.259. The van der Waals surface area contributed by atoms with E-state index in [4.69, 9.17) is 0 Å². The zero-order valence-electron chi connectivity index (χ0n) is 9.98. The van der Waals surface area contributed by atoms with Crippen LogP contribution in [0.2, 0.25) is 0 Å². The second-order valence-electron chi connectivity index (χ2n) is 3.99. The number of benzene rings is 2. The minimum atomic E-state index is -0.632. The minimum absolute atomic E-state index is 0.107. The molecule has 0 radical (unpaired) electrons. The van der Waals surface area contributed by atoms with E-state index >= 15 is 0 Å². The van der Waals surface area contributed by atoms with E-state index in [1.54, 1.807) is 0 Å². The molecule has 0 fully saturated rings. The van der Waals surface area contributed by atoms with Crippen molar-refractivity contribution in [2.75, 3.05) is 0 Å². The molecule has 0 bridgehead atoms. The van der Waals surface area contributed by atoms with Gasteiger partial charge in [-0.05, 0) is 18.2 Å². The molecule has 0 saturated carbocycles. The molecular formula is C13H9NO6. The summed E-state index contributed by atoms with van der Waals surface area (Å²) in [6.45, 7) is 0. The summed E-state index contributed by atoms with van der Waals surface area (Å²) in [5.74, 6) is -2.23. The molecule has 0 heterocycles. The van der Waals surface area contributed by atoms with Crippen LogP contribution in [-0.4, -0.2) is 26.0 Å². The van der Waals surface area contributed by atoms with E-state index in [1.807, 2.05) is 0 Å². The Hall–Kier alpha value is -3.09. The highest BCUT2D eigenvalue weighted by Gasteiger charge is 2.17. The molecule has 7 heteroatoms. The molecule has 2 aromatic carbocycles. The summed E-state index contributed by atoms with van der Waals surface area (Å²) in [5, 5.41) is 38.6. The van der Waals surface area contributed by atoms with E-state index in [2.05, 4.69) is 0 Å². The molecule has 20 heavy (non-hydrogen) atoms. The summed E-state index contributed by atoms with van der Waals surface area (Å²) in [4.78, 5) is 22.0. The molecule has 0 unspecified atom stereocenters. The van der Waals surface area contributed by atoms with Crippen LogP contribution in [-0.2, 0) is 0 Å². The number of nitro groups is 1. The molecule has 0 aliphatic heterocycles. The van der Waals surface area contributed by atoms with Gasteiger partial charge in [0.15, 0.2) is 17.3 Å². The predicted molar refractivity (Wildman–Crippen MR) is 68.0 cm³/mol. The van der Waals surface area contributed by atoms with Crippen molar-refractivity contribution >= 4 is 11.5 Å². The Labute approximate surface area is 112 Å². The predicted octanol–water partition coefficient (Wildman–Crippen LogP) is 1.94. The lowest BCUT2D eigenvalue weighted by molar-refractivity contribution is -0.384. The molecule has 7 nitrogen and oxygen atoms in total. The maximum atomic E-state index is 12.1. The van der Waals surface area contributed by atoms with Crippen molar-refractivity contribution in [3.05, 3.63) is 57.6 Å². The van der Waals surface area contributed by atoms with Crippen LogP contribution < -0.4 is 0 Å². The monoisotopic (exact) mass is 275 g/mol. The average molecular weight is 275 g/mol. The lowest BCUT2D eigenvalue weighted by atomic mass is 10.0. The molecule has 0 saturated heterocycles. The lowest BCUT2D eigenvalue weighted by Gasteiger charge is -2.06. The van der Waals surface area contributed by atoms with Gasteiger partial charge in [0, 0.05) is 23.8 Å². The van der Waals surface area contributed by atoms with E-state index in [0.29, 0.717) is 0 Å². The van der Waals surface area contributed by atoms with Crippen molar-refractivity contribution in [1.29, 1.82) is 0 Å². The molecule has 0 aliphatic carbocycles. The molecule has 0 amide bonds. The van der Waals surface area contributed by atoms with Crippen LogP contribution in [0.25, 0.3) is 0 Å². The van der Waals surface area contributed by atoms with Crippen molar-refractivity contribution < 1.29 is 25.0 Å². The first kappa shape index (κ1) is 13.3. The van der Waals surface area contributed by atoms with Crippen molar-refractivity contribution in [2.45, 2.75) is 0 Å². The van der Waals surface area contributed by atoms with E-state index in [1.165, 1.54) is 12.1 Å². The molecule has 0 atom stereocenters. The average Bonchev–Trinajstić information content (AvgIpc) is 2.42. The van der Waals surface area contributed by atoms with E-state index < -0.39 is 28.0 Å². The Morgan fingerprint density at radius 3 is 2.05 bits per heavy atom. The summed E-state index contributed by atoms with van der Waals surface area (Å²) < 4.78 is 0. The molecule has 2 rings (SSSR count). The van der Waals surface area contributed by atoms with E-state index in [9.17, 15) is 30.2 Å². The summed E-state index contributed by atoms with van der Waals surface area (Å²) in [6.07, 6.45) is 0. The number of nitrogens with zero attached hydrogens (tertiary/aromatic N) is 1. The lowest BCUT2D eigenvalue weighted by Crippen LogP contribution is -2.02. The van der Waals surface area contributed by atoms with Crippen molar-refractivity contribution in [2.24, 2.45) is 0 Å². The zero-order valence-corrected chi connectivity index (χ0v) is 9.98. The number of nitro benzene ring substituents is 1. The first-order chi connectivity index (χ1) is 9.40. The molecule has 0 spiro atoms. The molecular weight excluding hydrogens is 266 g/mol. The van der Waals surface area contributed by atoms with E-state index in [0.717, 1.165) is 24.3 Å². The third kappa shape index (κ3) is 2.37. The van der Waals surface area contributed by atoms with Gasteiger partial charge < -0.3 is 15.3 Å². The Balaban J connectivity index is 2.41.